The van der Waals surface area contributed by atoms with Gasteiger partial charge >= 0.3 is 0 Å². The molecule has 0 bridgehead atoms. The van der Waals surface area contributed by atoms with Crippen molar-refractivity contribution in [3.05, 3.63) is 82.4 Å². The van der Waals surface area contributed by atoms with Gasteiger partial charge in [-0.05, 0) is 73.5 Å². The number of rotatable bonds is 10. The van der Waals surface area contributed by atoms with Crippen molar-refractivity contribution < 1.29 is 31.1 Å². The number of nitrogens with one attached hydrogen (secondary N) is 2. The number of hydrogen-bond acceptors (Lipinski definition) is 7. The van der Waals surface area contributed by atoms with Gasteiger partial charge in [-0.3, -0.25) is 9.52 Å². The van der Waals surface area contributed by atoms with Crippen molar-refractivity contribution >= 4 is 43.2 Å². The molecular formula is C27H30ClN3O7S2. The molecule has 0 aliphatic carbocycles. The van der Waals surface area contributed by atoms with Crippen LogP contribution in [0.15, 0.2) is 70.5 Å². The molecule has 1 aliphatic rings. The summed E-state index contributed by atoms with van der Waals surface area (Å²) in [7, 11) is -7.66. The number of hydrogen-bond donors (Lipinski definition) is 2. The summed E-state index contributed by atoms with van der Waals surface area (Å²) in [4.78, 5) is 12.6. The van der Waals surface area contributed by atoms with Crippen molar-refractivity contribution in [2.24, 2.45) is 0 Å². The number of sulfonamides is 2. The number of ether oxygens (including phenoxy) is 2. The minimum atomic E-state index is -4.06. The van der Waals surface area contributed by atoms with E-state index in [-0.39, 0.29) is 33.5 Å². The number of benzene rings is 3. The van der Waals surface area contributed by atoms with E-state index in [9.17, 15) is 21.6 Å². The number of aryl methyl sites for hydroxylation is 2. The lowest BCUT2D eigenvalue weighted by Gasteiger charge is -2.26. The zero-order valence-electron chi connectivity index (χ0n) is 22.0. The van der Waals surface area contributed by atoms with Gasteiger partial charge in [0.05, 0.1) is 35.4 Å². The standard InChI is InChI=1S/C27H30ClN3O7S2/c1-19-3-4-20(2)25(17-19)30-39(33,34)26-18-21(5-10-24(26)28)27(32)29-11-14-38-22-6-8-23(9-7-22)40(35,36)31-12-15-37-16-13-31/h3-10,17-18,30H,11-16H2,1-2H3,(H,29,32). The minimum Gasteiger partial charge on any atom is -0.492 e. The molecule has 1 amide bonds. The summed E-state index contributed by atoms with van der Waals surface area (Å²) >= 11 is 6.18. The quantitative estimate of drug-likeness (QED) is 0.337. The lowest BCUT2D eigenvalue weighted by molar-refractivity contribution is 0.0730. The van der Waals surface area contributed by atoms with Crippen LogP contribution in [0.5, 0.6) is 5.75 Å². The van der Waals surface area contributed by atoms with Crippen molar-refractivity contribution in [3.63, 3.8) is 0 Å². The Labute approximate surface area is 239 Å². The van der Waals surface area contributed by atoms with Crippen LogP contribution in [0.2, 0.25) is 5.02 Å². The molecule has 3 aromatic rings. The van der Waals surface area contributed by atoms with Crippen LogP contribution in [0.25, 0.3) is 0 Å². The molecule has 10 nitrogen and oxygen atoms in total. The van der Waals surface area contributed by atoms with Crippen LogP contribution >= 0.6 is 11.6 Å². The number of morpholine rings is 1. The number of carbonyl (C=O) groups excluding carboxylic acids is 1. The molecule has 13 heteroatoms. The van der Waals surface area contributed by atoms with Gasteiger partial charge in [0.1, 0.15) is 17.3 Å². The van der Waals surface area contributed by atoms with Gasteiger partial charge < -0.3 is 14.8 Å². The van der Waals surface area contributed by atoms with Gasteiger partial charge in [-0.25, -0.2) is 16.8 Å². The Morgan fingerprint density at radius 2 is 1.68 bits per heavy atom. The number of nitrogens with zero attached hydrogens (tertiary/aromatic N) is 1. The fraction of sp³-hybridized carbons (Fsp3) is 0.296. The zero-order valence-corrected chi connectivity index (χ0v) is 24.4. The smallest absolute Gasteiger partial charge is 0.263 e. The molecule has 2 N–H and O–H groups in total. The molecule has 1 heterocycles. The van der Waals surface area contributed by atoms with Crippen molar-refractivity contribution in [3.8, 4) is 5.75 Å². The van der Waals surface area contributed by atoms with Crippen LogP contribution in [-0.2, 0) is 24.8 Å². The van der Waals surface area contributed by atoms with Gasteiger partial charge in [-0.1, -0.05) is 23.7 Å². The second kappa shape index (κ2) is 12.6. The summed E-state index contributed by atoms with van der Waals surface area (Å²) in [5.41, 5.74) is 2.17. The van der Waals surface area contributed by atoms with E-state index in [2.05, 4.69) is 10.0 Å². The Morgan fingerprint density at radius 3 is 2.38 bits per heavy atom. The molecule has 0 aromatic heterocycles. The van der Waals surface area contributed by atoms with E-state index in [0.29, 0.717) is 37.7 Å². The van der Waals surface area contributed by atoms with Crippen molar-refractivity contribution in [2.75, 3.05) is 44.2 Å². The summed E-state index contributed by atoms with van der Waals surface area (Å²) in [6.07, 6.45) is 0. The van der Waals surface area contributed by atoms with Gasteiger partial charge in [0.25, 0.3) is 15.9 Å². The average molecular weight is 608 g/mol. The van der Waals surface area contributed by atoms with Gasteiger partial charge in [-0.2, -0.15) is 4.31 Å². The number of carbonyl (C=O) groups is 1. The first-order chi connectivity index (χ1) is 19.0. The highest BCUT2D eigenvalue weighted by Gasteiger charge is 2.26. The second-order valence-corrected chi connectivity index (χ2v) is 13.2. The van der Waals surface area contributed by atoms with Gasteiger partial charge in [0, 0.05) is 18.7 Å². The molecule has 214 valence electrons. The number of halogens is 1. The maximum atomic E-state index is 13.1. The first kappa shape index (κ1) is 29.8. The molecule has 1 saturated heterocycles. The molecule has 1 aliphatic heterocycles. The molecule has 0 unspecified atom stereocenters. The van der Waals surface area contributed by atoms with Crippen LogP contribution in [0.1, 0.15) is 21.5 Å². The number of amides is 1. The van der Waals surface area contributed by atoms with Crippen LogP contribution < -0.4 is 14.8 Å². The van der Waals surface area contributed by atoms with E-state index in [1.807, 2.05) is 19.1 Å². The summed E-state index contributed by atoms with van der Waals surface area (Å²) in [6.45, 7) is 5.21. The highest BCUT2D eigenvalue weighted by atomic mass is 35.5. The Bertz CT molecular complexity index is 1590. The SMILES string of the molecule is Cc1ccc(C)c(NS(=O)(=O)c2cc(C(=O)NCCOc3ccc(S(=O)(=O)N4CCOCC4)cc3)ccc2Cl)c1. The third kappa shape index (κ3) is 7.12. The van der Waals surface area contributed by atoms with E-state index in [4.69, 9.17) is 21.1 Å². The Hall–Kier alpha value is -3.16. The monoisotopic (exact) mass is 607 g/mol. The lowest BCUT2D eigenvalue weighted by atomic mass is 10.1. The molecule has 0 spiro atoms. The lowest BCUT2D eigenvalue weighted by Crippen LogP contribution is -2.40. The van der Waals surface area contributed by atoms with Crippen LogP contribution in [0.4, 0.5) is 5.69 Å². The third-order valence-electron chi connectivity index (χ3n) is 6.21. The minimum absolute atomic E-state index is 0.0169. The van der Waals surface area contributed by atoms with Crippen molar-refractivity contribution in [2.45, 2.75) is 23.6 Å². The molecule has 4 rings (SSSR count). The first-order valence-corrected chi connectivity index (χ1v) is 15.8. The molecule has 40 heavy (non-hydrogen) atoms. The van der Waals surface area contributed by atoms with Crippen molar-refractivity contribution in [1.82, 2.24) is 9.62 Å². The van der Waals surface area contributed by atoms with Gasteiger partial charge in [-0.15, -0.1) is 0 Å². The normalized spacial score (nSPS) is 14.5. The van der Waals surface area contributed by atoms with E-state index >= 15 is 0 Å². The number of anilines is 1. The van der Waals surface area contributed by atoms with E-state index in [1.54, 1.807) is 25.1 Å². The van der Waals surface area contributed by atoms with Crippen LogP contribution in [-0.4, -0.2) is 66.5 Å². The van der Waals surface area contributed by atoms with Crippen LogP contribution in [0.3, 0.4) is 0 Å². The van der Waals surface area contributed by atoms with Gasteiger partial charge in [0.2, 0.25) is 10.0 Å². The molecule has 0 radical (unpaired) electrons. The summed E-state index contributed by atoms with van der Waals surface area (Å²) < 4.78 is 66.3. The van der Waals surface area contributed by atoms with E-state index < -0.39 is 26.0 Å². The average Bonchev–Trinajstić information content (AvgIpc) is 2.93. The Kier molecular flexibility index (Phi) is 9.37. The van der Waals surface area contributed by atoms with Gasteiger partial charge in [0.15, 0.2) is 0 Å². The summed E-state index contributed by atoms with van der Waals surface area (Å²) in [6, 6.07) is 15.5. The highest BCUT2D eigenvalue weighted by molar-refractivity contribution is 7.92. The Balaban J connectivity index is 1.33. The molecule has 0 atom stereocenters. The second-order valence-electron chi connectivity index (χ2n) is 9.16. The summed E-state index contributed by atoms with van der Waals surface area (Å²) in [5.74, 6) is -0.0667. The fourth-order valence-electron chi connectivity index (χ4n) is 3.98. The highest BCUT2D eigenvalue weighted by Crippen LogP contribution is 2.27. The maximum Gasteiger partial charge on any atom is 0.263 e. The summed E-state index contributed by atoms with van der Waals surface area (Å²) in [5, 5.41) is 2.66. The predicted octanol–water partition coefficient (Wildman–Crippen LogP) is 3.59. The maximum absolute atomic E-state index is 13.1. The fourth-order valence-corrected chi connectivity index (χ4v) is 7.03. The zero-order chi connectivity index (χ0) is 28.9. The molecule has 0 saturated carbocycles. The largest absolute Gasteiger partial charge is 0.492 e. The van der Waals surface area contributed by atoms with Crippen LogP contribution in [0, 0.1) is 13.8 Å². The molecular weight excluding hydrogens is 578 g/mol. The molecule has 3 aromatic carbocycles. The topological polar surface area (TPSA) is 131 Å². The third-order valence-corrected chi connectivity index (χ3v) is 9.97. The van der Waals surface area contributed by atoms with E-state index in [1.165, 1.54) is 34.6 Å². The Morgan fingerprint density at radius 1 is 0.975 bits per heavy atom. The van der Waals surface area contributed by atoms with Crippen molar-refractivity contribution in [1.29, 1.82) is 0 Å². The van der Waals surface area contributed by atoms with E-state index in [0.717, 1.165) is 11.1 Å². The predicted molar refractivity (Wildman–Crippen MR) is 152 cm³/mol. The first-order valence-electron chi connectivity index (χ1n) is 12.5. The molecule has 1 fully saturated rings.